The molecule has 0 amide bonds. The van der Waals surface area contributed by atoms with Crippen molar-refractivity contribution in [2.24, 2.45) is 0 Å². The second-order valence-electron chi connectivity index (χ2n) is 15.1. The first-order chi connectivity index (χ1) is 23.2. The molecule has 0 heterocycles. The minimum Gasteiger partial charge on any atom is -0.310 e. The van der Waals surface area contributed by atoms with E-state index < -0.39 is 8.07 Å². The van der Waals surface area contributed by atoms with E-state index in [4.69, 9.17) is 0 Å². The Bertz CT molecular complexity index is 2510. The number of hydrogen-bond acceptors (Lipinski definition) is 1. The van der Waals surface area contributed by atoms with Gasteiger partial charge in [0.2, 0.25) is 0 Å². The van der Waals surface area contributed by atoms with E-state index in [9.17, 15) is 0 Å². The van der Waals surface area contributed by atoms with Crippen LogP contribution in [0.25, 0.3) is 54.2 Å². The molecule has 1 nitrogen and oxygen atoms in total. The van der Waals surface area contributed by atoms with Crippen LogP contribution in [0.4, 0.5) is 17.1 Å². The van der Waals surface area contributed by atoms with E-state index in [1.807, 2.05) is 0 Å². The summed E-state index contributed by atoms with van der Waals surface area (Å²) < 4.78 is 0. The third-order valence-corrected chi connectivity index (χ3v) is 12.7. The highest BCUT2D eigenvalue weighted by Gasteiger charge is 2.39. The maximum atomic E-state index is 2.57. The van der Waals surface area contributed by atoms with Gasteiger partial charge in [-0.25, -0.2) is 0 Å². The van der Waals surface area contributed by atoms with Crippen LogP contribution in [0, 0.1) is 0 Å². The molecular formula is C46H39NSi. The topological polar surface area (TPSA) is 3.24 Å². The van der Waals surface area contributed by atoms with Crippen LogP contribution in [0.2, 0.25) is 19.6 Å². The SMILES string of the molecule is CC1(C)c2cc([Si](C)(C)C)c3ccccc3c2-c2ccc3cc(N(c4ccc5ccccc5c4)c4ccc5ccccc5c4)ccc3c21. The van der Waals surface area contributed by atoms with Crippen molar-refractivity contribution in [3.05, 3.63) is 157 Å². The number of nitrogens with zero attached hydrogens (tertiary/aromatic N) is 1. The van der Waals surface area contributed by atoms with Gasteiger partial charge in [0.15, 0.2) is 0 Å². The smallest absolute Gasteiger partial charge is 0.0784 e. The summed E-state index contributed by atoms with van der Waals surface area (Å²) in [7, 11) is -1.58. The molecule has 0 aliphatic heterocycles. The average Bonchev–Trinajstić information content (AvgIpc) is 3.33. The predicted octanol–water partition coefficient (Wildman–Crippen LogP) is 12.6. The van der Waals surface area contributed by atoms with Crippen LogP contribution in [0.3, 0.4) is 0 Å². The lowest BCUT2D eigenvalue weighted by molar-refractivity contribution is 0.667. The highest BCUT2D eigenvalue weighted by Crippen LogP contribution is 2.54. The van der Waals surface area contributed by atoms with Crippen molar-refractivity contribution in [2.75, 3.05) is 4.90 Å². The lowest BCUT2D eigenvalue weighted by Gasteiger charge is -2.28. The molecule has 0 aromatic heterocycles. The first-order valence-corrected chi connectivity index (χ1v) is 20.6. The Morgan fingerprint density at radius 1 is 0.458 bits per heavy atom. The Balaban J connectivity index is 1.26. The van der Waals surface area contributed by atoms with Gasteiger partial charge < -0.3 is 4.90 Å². The molecule has 8 aromatic carbocycles. The van der Waals surface area contributed by atoms with Gasteiger partial charge in [0.05, 0.1) is 8.07 Å². The number of anilines is 3. The maximum Gasteiger partial charge on any atom is 0.0784 e. The fraction of sp³-hybridized carbons (Fsp3) is 0.130. The van der Waals surface area contributed by atoms with Crippen molar-refractivity contribution in [2.45, 2.75) is 38.9 Å². The highest BCUT2D eigenvalue weighted by molar-refractivity contribution is 6.90. The molecule has 0 spiro atoms. The zero-order valence-electron chi connectivity index (χ0n) is 28.3. The molecule has 0 saturated carbocycles. The zero-order chi connectivity index (χ0) is 32.8. The molecule has 9 rings (SSSR count). The highest BCUT2D eigenvalue weighted by atomic mass is 28.3. The van der Waals surface area contributed by atoms with E-state index in [-0.39, 0.29) is 5.41 Å². The summed E-state index contributed by atoms with van der Waals surface area (Å²) in [4.78, 5) is 2.42. The number of benzene rings is 8. The Hall–Kier alpha value is -5.18. The summed E-state index contributed by atoms with van der Waals surface area (Å²) in [5.41, 5.74) is 9.09. The minimum atomic E-state index is -1.58. The van der Waals surface area contributed by atoms with Crippen molar-refractivity contribution in [3.8, 4) is 11.1 Å². The molecule has 1 aliphatic rings. The van der Waals surface area contributed by atoms with Gasteiger partial charge in [-0.3, -0.25) is 0 Å². The Morgan fingerprint density at radius 2 is 0.958 bits per heavy atom. The van der Waals surface area contributed by atoms with Gasteiger partial charge in [-0.1, -0.05) is 148 Å². The number of rotatable bonds is 4. The minimum absolute atomic E-state index is 0.111. The van der Waals surface area contributed by atoms with Crippen LogP contribution in [0.1, 0.15) is 25.0 Å². The lowest BCUT2D eigenvalue weighted by Crippen LogP contribution is -2.39. The predicted molar refractivity (Wildman–Crippen MR) is 212 cm³/mol. The Kier molecular flexibility index (Phi) is 6.29. The van der Waals surface area contributed by atoms with Crippen LogP contribution in [-0.2, 0) is 5.41 Å². The average molecular weight is 634 g/mol. The quantitative estimate of drug-likeness (QED) is 0.174. The molecule has 48 heavy (non-hydrogen) atoms. The van der Waals surface area contributed by atoms with E-state index in [2.05, 4.69) is 184 Å². The third-order valence-electron chi connectivity index (χ3n) is 10.7. The van der Waals surface area contributed by atoms with Gasteiger partial charge in [0, 0.05) is 22.5 Å². The van der Waals surface area contributed by atoms with E-state index >= 15 is 0 Å². The van der Waals surface area contributed by atoms with Gasteiger partial charge >= 0.3 is 0 Å². The fourth-order valence-electron chi connectivity index (χ4n) is 8.33. The van der Waals surface area contributed by atoms with Gasteiger partial charge in [0.1, 0.15) is 0 Å². The summed E-state index contributed by atoms with van der Waals surface area (Å²) in [5, 5.41) is 12.0. The molecule has 8 aromatic rings. The van der Waals surface area contributed by atoms with Gasteiger partial charge in [-0.2, -0.15) is 0 Å². The second-order valence-corrected chi connectivity index (χ2v) is 20.1. The lowest BCUT2D eigenvalue weighted by atomic mass is 9.80. The van der Waals surface area contributed by atoms with E-state index in [1.54, 1.807) is 5.19 Å². The van der Waals surface area contributed by atoms with Crippen molar-refractivity contribution < 1.29 is 0 Å². The normalized spacial score (nSPS) is 13.7. The van der Waals surface area contributed by atoms with Crippen LogP contribution < -0.4 is 10.1 Å². The van der Waals surface area contributed by atoms with E-state index in [0.717, 1.165) is 17.1 Å². The molecular weight excluding hydrogens is 595 g/mol. The molecule has 0 fully saturated rings. The number of hydrogen-bond donors (Lipinski definition) is 0. The summed E-state index contributed by atoms with van der Waals surface area (Å²) in [6, 6.07) is 54.4. The summed E-state index contributed by atoms with van der Waals surface area (Å²) >= 11 is 0. The standard InChI is InChI=1S/C46H39NSi/c1-46(2)42-29-43(48(3,4)5)39-16-10-11-17-40(39)44(42)41-24-20-34-28-37(23-25-38(34)45(41)46)47(35-21-18-30-12-6-8-14-32(30)26-35)36-22-19-31-13-7-9-15-33(31)27-36/h6-29H,1-5H3. The third kappa shape index (κ3) is 4.36. The second kappa shape index (κ2) is 10.4. The van der Waals surface area contributed by atoms with E-state index in [0.29, 0.717) is 0 Å². The van der Waals surface area contributed by atoms with Crippen molar-refractivity contribution >= 4 is 73.4 Å². The molecule has 2 heteroatoms. The fourth-order valence-corrected chi connectivity index (χ4v) is 9.93. The monoisotopic (exact) mass is 633 g/mol. The summed E-state index contributed by atoms with van der Waals surface area (Å²) in [6.07, 6.45) is 0. The maximum absolute atomic E-state index is 2.57. The molecule has 0 radical (unpaired) electrons. The Labute approximate surface area is 284 Å². The van der Waals surface area contributed by atoms with Crippen molar-refractivity contribution in [1.29, 1.82) is 0 Å². The van der Waals surface area contributed by atoms with Crippen molar-refractivity contribution in [1.82, 2.24) is 0 Å². The molecule has 0 unspecified atom stereocenters. The molecule has 0 bridgehead atoms. The largest absolute Gasteiger partial charge is 0.310 e. The van der Waals surface area contributed by atoms with Crippen molar-refractivity contribution in [3.63, 3.8) is 0 Å². The summed E-state index contributed by atoms with van der Waals surface area (Å²) in [5.74, 6) is 0. The van der Waals surface area contributed by atoms with Crippen LogP contribution in [0.5, 0.6) is 0 Å². The van der Waals surface area contributed by atoms with E-state index in [1.165, 1.54) is 65.3 Å². The first kappa shape index (κ1) is 29.0. The number of fused-ring (bicyclic) bond motifs is 9. The van der Waals surface area contributed by atoms with Crippen LogP contribution in [0.15, 0.2) is 146 Å². The first-order valence-electron chi connectivity index (χ1n) is 17.1. The van der Waals surface area contributed by atoms with Gasteiger partial charge in [-0.05, 0) is 102 Å². The molecule has 0 saturated heterocycles. The Morgan fingerprint density at radius 3 is 1.56 bits per heavy atom. The zero-order valence-corrected chi connectivity index (χ0v) is 29.3. The van der Waals surface area contributed by atoms with Gasteiger partial charge in [-0.15, -0.1) is 0 Å². The molecule has 1 aliphatic carbocycles. The molecule has 0 atom stereocenters. The van der Waals surface area contributed by atoms with Gasteiger partial charge in [0.25, 0.3) is 0 Å². The molecule has 0 N–H and O–H groups in total. The molecule has 232 valence electrons. The summed E-state index contributed by atoms with van der Waals surface area (Å²) in [6.45, 7) is 12.3. The van der Waals surface area contributed by atoms with Crippen LogP contribution >= 0.6 is 0 Å². The van der Waals surface area contributed by atoms with Crippen LogP contribution in [-0.4, -0.2) is 8.07 Å².